The van der Waals surface area contributed by atoms with E-state index >= 15 is 0 Å². The molecule has 1 aromatic heterocycles. The van der Waals surface area contributed by atoms with Crippen molar-refractivity contribution in [2.45, 2.75) is 12.5 Å². The van der Waals surface area contributed by atoms with E-state index in [2.05, 4.69) is 15.9 Å². The predicted molar refractivity (Wildman–Crippen MR) is 78.9 cm³/mol. The summed E-state index contributed by atoms with van der Waals surface area (Å²) >= 11 is 11.0. The molecule has 0 N–H and O–H groups in total. The lowest BCUT2D eigenvalue weighted by Gasteiger charge is -2.13. The van der Waals surface area contributed by atoms with Gasteiger partial charge in [0.2, 0.25) is 0 Å². The summed E-state index contributed by atoms with van der Waals surface area (Å²) in [6.45, 7) is 0.535. The van der Waals surface area contributed by atoms with Gasteiger partial charge in [-0.2, -0.15) is 0 Å². The van der Waals surface area contributed by atoms with Gasteiger partial charge in [-0.15, -0.1) is 22.9 Å². The van der Waals surface area contributed by atoms with Crippen LogP contribution in [0.5, 0.6) is 11.5 Å². The molecule has 18 heavy (non-hydrogen) atoms. The van der Waals surface area contributed by atoms with Crippen molar-refractivity contribution >= 4 is 38.9 Å². The van der Waals surface area contributed by atoms with E-state index in [1.807, 2.05) is 29.6 Å². The molecule has 0 atom stereocenters. The first-order valence-corrected chi connectivity index (χ1v) is 7.53. The normalized spacial score (nSPS) is 10.4. The van der Waals surface area contributed by atoms with Crippen molar-refractivity contribution in [3.63, 3.8) is 0 Å². The number of thiophene rings is 1. The third-order valence-corrected chi connectivity index (χ3v) is 4.13. The van der Waals surface area contributed by atoms with Crippen LogP contribution in [0.3, 0.4) is 0 Å². The molecule has 96 valence electrons. The summed E-state index contributed by atoms with van der Waals surface area (Å²) in [4.78, 5) is 1.17. The highest BCUT2D eigenvalue weighted by molar-refractivity contribution is 9.10. The SMILES string of the molecule is COc1cc(CCl)cc(Br)c1OCc1cccs1. The molecule has 0 aliphatic rings. The van der Waals surface area contributed by atoms with Crippen LogP contribution in [-0.4, -0.2) is 7.11 Å². The molecule has 0 aliphatic carbocycles. The van der Waals surface area contributed by atoms with Crippen molar-refractivity contribution in [1.82, 2.24) is 0 Å². The van der Waals surface area contributed by atoms with Crippen molar-refractivity contribution in [2.24, 2.45) is 0 Å². The van der Waals surface area contributed by atoms with Crippen molar-refractivity contribution in [2.75, 3.05) is 7.11 Å². The molecule has 0 saturated heterocycles. The average Bonchev–Trinajstić information content (AvgIpc) is 2.89. The van der Waals surface area contributed by atoms with Crippen LogP contribution < -0.4 is 9.47 Å². The zero-order valence-corrected chi connectivity index (χ0v) is 12.9. The van der Waals surface area contributed by atoms with Crippen LogP contribution in [0, 0.1) is 0 Å². The van der Waals surface area contributed by atoms with Crippen molar-refractivity contribution < 1.29 is 9.47 Å². The molecule has 0 amide bonds. The third-order valence-electron chi connectivity index (χ3n) is 2.38. The van der Waals surface area contributed by atoms with Gasteiger partial charge in [0.15, 0.2) is 11.5 Å². The van der Waals surface area contributed by atoms with E-state index in [0.29, 0.717) is 24.0 Å². The molecule has 0 spiro atoms. The van der Waals surface area contributed by atoms with Gasteiger partial charge in [-0.1, -0.05) is 6.07 Å². The van der Waals surface area contributed by atoms with E-state index in [-0.39, 0.29) is 0 Å². The van der Waals surface area contributed by atoms with Crippen molar-refractivity contribution in [3.05, 3.63) is 44.6 Å². The van der Waals surface area contributed by atoms with E-state index in [9.17, 15) is 0 Å². The lowest BCUT2D eigenvalue weighted by molar-refractivity contribution is 0.285. The highest BCUT2D eigenvalue weighted by Gasteiger charge is 2.11. The lowest BCUT2D eigenvalue weighted by atomic mass is 10.2. The summed E-state index contributed by atoms with van der Waals surface area (Å²) in [5, 5.41) is 2.03. The van der Waals surface area contributed by atoms with Gasteiger partial charge in [0.25, 0.3) is 0 Å². The molecule has 2 nitrogen and oxygen atoms in total. The minimum absolute atomic E-state index is 0.445. The fourth-order valence-electron chi connectivity index (χ4n) is 1.53. The van der Waals surface area contributed by atoms with Gasteiger partial charge < -0.3 is 9.47 Å². The molecule has 1 heterocycles. The van der Waals surface area contributed by atoms with Gasteiger partial charge >= 0.3 is 0 Å². The molecule has 0 fully saturated rings. The van der Waals surface area contributed by atoms with Crippen LogP contribution in [0.1, 0.15) is 10.4 Å². The number of hydrogen-bond acceptors (Lipinski definition) is 3. The first-order chi connectivity index (χ1) is 8.74. The van der Waals surface area contributed by atoms with Crippen LogP contribution in [0.2, 0.25) is 0 Å². The molecule has 0 radical (unpaired) electrons. The zero-order chi connectivity index (χ0) is 13.0. The fourth-order valence-corrected chi connectivity index (χ4v) is 2.90. The molecular weight excluding hydrogens is 336 g/mol. The Kier molecular flexibility index (Phi) is 4.92. The Balaban J connectivity index is 2.20. The monoisotopic (exact) mass is 346 g/mol. The molecule has 1 aromatic carbocycles. The number of ether oxygens (including phenoxy) is 2. The largest absolute Gasteiger partial charge is 0.493 e. The van der Waals surface area contributed by atoms with Gasteiger partial charge in [-0.3, -0.25) is 0 Å². The number of rotatable bonds is 5. The smallest absolute Gasteiger partial charge is 0.175 e. The summed E-state index contributed by atoms with van der Waals surface area (Å²) in [7, 11) is 1.62. The van der Waals surface area contributed by atoms with Crippen LogP contribution in [-0.2, 0) is 12.5 Å². The third kappa shape index (κ3) is 3.19. The maximum Gasteiger partial charge on any atom is 0.175 e. The first-order valence-electron chi connectivity index (χ1n) is 5.32. The first kappa shape index (κ1) is 13.7. The molecular formula is C13H12BrClO2S. The topological polar surface area (TPSA) is 18.5 Å². The Labute approximate surface area is 124 Å². The highest BCUT2D eigenvalue weighted by atomic mass is 79.9. The second kappa shape index (κ2) is 6.45. The van der Waals surface area contributed by atoms with Crippen LogP contribution >= 0.6 is 38.9 Å². The minimum Gasteiger partial charge on any atom is -0.493 e. The maximum absolute atomic E-state index is 5.82. The van der Waals surface area contributed by atoms with E-state index < -0.39 is 0 Å². The second-order valence-corrected chi connectivity index (χ2v) is 5.76. The molecule has 5 heteroatoms. The Morgan fingerprint density at radius 3 is 2.83 bits per heavy atom. The van der Waals surface area contributed by atoms with Gasteiger partial charge in [0.1, 0.15) is 6.61 Å². The zero-order valence-electron chi connectivity index (χ0n) is 9.78. The Morgan fingerprint density at radius 1 is 1.39 bits per heavy atom. The minimum atomic E-state index is 0.445. The van der Waals surface area contributed by atoms with Gasteiger partial charge in [-0.25, -0.2) is 0 Å². The molecule has 0 aliphatic heterocycles. The number of halogens is 2. The van der Waals surface area contributed by atoms with Crippen molar-refractivity contribution in [1.29, 1.82) is 0 Å². The van der Waals surface area contributed by atoms with Crippen LogP contribution in [0.15, 0.2) is 34.1 Å². The quantitative estimate of drug-likeness (QED) is 0.721. The van der Waals surface area contributed by atoms with Crippen LogP contribution in [0.25, 0.3) is 0 Å². The molecule has 0 unspecified atom stereocenters. The Hall–Kier alpha value is -0.710. The summed E-state index contributed by atoms with van der Waals surface area (Å²) in [6, 6.07) is 7.88. The van der Waals surface area contributed by atoms with Crippen LogP contribution in [0.4, 0.5) is 0 Å². The summed E-state index contributed by atoms with van der Waals surface area (Å²) in [5.74, 6) is 1.84. The van der Waals surface area contributed by atoms with Gasteiger partial charge in [-0.05, 0) is 45.1 Å². The standard InChI is InChI=1S/C13H12BrClO2S/c1-16-12-6-9(7-15)5-11(14)13(12)17-8-10-3-2-4-18-10/h2-6H,7-8H2,1H3. The summed E-state index contributed by atoms with van der Waals surface area (Å²) < 4.78 is 12.0. The number of methoxy groups -OCH3 is 1. The Bertz CT molecular complexity index is 514. The van der Waals surface area contributed by atoms with Crippen molar-refractivity contribution in [3.8, 4) is 11.5 Å². The number of hydrogen-bond donors (Lipinski definition) is 0. The maximum atomic E-state index is 5.82. The predicted octanol–water partition coefficient (Wildman–Crippen LogP) is 4.84. The lowest BCUT2D eigenvalue weighted by Crippen LogP contribution is -1.98. The number of alkyl halides is 1. The second-order valence-electron chi connectivity index (χ2n) is 3.61. The number of benzene rings is 1. The molecule has 2 rings (SSSR count). The Morgan fingerprint density at radius 2 is 2.22 bits per heavy atom. The highest BCUT2D eigenvalue weighted by Crippen LogP contribution is 2.37. The van der Waals surface area contributed by atoms with Gasteiger partial charge in [0, 0.05) is 10.8 Å². The fraction of sp³-hybridized carbons (Fsp3) is 0.231. The van der Waals surface area contributed by atoms with E-state index in [1.165, 1.54) is 4.88 Å². The van der Waals surface area contributed by atoms with E-state index in [0.717, 1.165) is 10.0 Å². The molecule has 2 aromatic rings. The van der Waals surface area contributed by atoms with E-state index in [4.69, 9.17) is 21.1 Å². The van der Waals surface area contributed by atoms with E-state index in [1.54, 1.807) is 18.4 Å². The van der Waals surface area contributed by atoms with Gasteiger partial charge in [0.05, 0.1) is 11.6 Å². The molecule has 0 bridgehead atoms. The molecule has 0 saturated carbocycles. The average molecular weight is 348 g/mol. The summed E-state index contributed by atoms with van der Waals surface area (Å²) in [6.07, 6.45) is 0. The summed E-state index contributed by atoms with van der Waals surface area (Å²) in [5.41, 5.74) is 0.990.